The molecule has 16 heavy (non-hydrogen) atoms. The lowest BCUT2D eigenvalue weighted by Crippen LogP contribution is -2.24. The van der Waals surface area contributed by atoms with Crippen LogP contribution in [0.2, 0.25) is 0 Å². The smallest absolute Gasteiger partial charge is 0.0328 e. The monoisotopic (exact) mass is 238 g/mol. The maximum absolute atomic E-state index is 3.20. The summed E-state index contributed by atoms with van der Waals surface area (Å²) < 4.78 is 0. The maximum Gasteiger partial charge on any atom is 0.0328 e. The number of rotatable bonds is 7. The maximum atomic E-state index is 3.20. The van der Waals surface area contributed by atoms with Gasteiger partial charge in [0.25, 0.3) is 0 Å². The number of thiophene rings is 1. The number of nitrogens with one attached hydrogen (secondary N) is 1. The molecule has 2 rings (SSSR count). The molecule has 1 aliphatic rings. The lowest BCUT2D eigenvalue weighted by Gasteiger charge is -2.18. The highest BCUT2D eigenvalue weighted by Crippen LogP contribution is 2.30. The average molecular weight is 238 g/mol. The van der Waals surface area contributed by atoms with Gasteiger partial charge in [0.1, 0.15) is 0 Å². The summed E-state index contributed by atoms with van der Waals surface area (Å²) in [5, 5.41) is 3.20. The third-order valence-corrected chi connectivity index (χ3v) is 4.18. The van der Waals surface area contributed by atoms with Crippen LogP contribution in [-0.4, -0.2) is 25.0 Å². The SMILES string of the molecule is CCN(Cc1ccc(CNC)s1)CC1CC1. The van der Waals surface area contributed by atoms with Gasteiger partial charge in [-0.3, -0.25) is 4.90 Å². The third-order valence-electron chi connectivity index (χ3n) is 3.11. The largest absolute Gasteiger partial charge is 0.315 e. The normalized spacial score (nSPS) is 15.9. The lowest BCUT2D eigenvalue weighted by atomic mass is 10.3. The van der Waals surface area contributed by atoms with Crippen molar-refractivity contribution in [2.45, 2.75) is 32.9 Å². The molecule has 1 aromatic heterocycles. The zero-order valence-electron chi connectivity index (χ0n) is 10.3. The summed E-state index contributed by atoms with van der Waals surface area (Å²) in [6.45, 7) is 6.89. The molecule has 1 N–H and O–H groups in total. The van der Waals surface area contributed by atoms with E-state index in [2.05, 4.69) is 29.3 Å². The van der Waals surface area contributed by atoms with Crippen molar-refractivity contribution in [2.75, 3.05) is 20.1 Å². The molecule has 0 amide bonds. The summed E-state index contributed by atoms with van der Waals surface area (Å²) in [6, 6.07) is 4.54. The Balaban J connectivity index is 1.84. The van der Waals surface area contributed by atoms with E-state index in [-0.39, 0.29) is 0 Å². The van der Waals surface area contributed by atoms with Crippen molar-refractivity contribution >= 4 is 11.3 Å². The lowest BCUT2D eigenvalue weighted by molar-refractivity contribution is 0.271. The molecule has 1 fully saturated rings. The van der Waals surface area contributed by atoms with E-state index in [1.807, 2.05) is 18.4 Å². The van der Waals surface area contributed by atoms with Crippen LogP contribution in [0.3, 0.4) is 0 Å². The highest BCUT2D eigenvalue weighted by atomic mass is 32.1. The Morgan fingerprint density at radius 2 is 2.12 bits per heavy atom. The summed E-state index contributed by atoms with van der Waals surface area (Å²) in [4.78, 5) is 5.53. The molecule has 1 heterocycles. The highest BCUT2D eigenvalue weighted by Gasteiger charge is 2.23. The van der Waals surface area contributed by atoms with Gasteiger partial charge in [-0.1, -0.05) is 6.92 Å². The Bertz CT molecular complexity index is 317. The Morgan fingerprint density at radius 1 is 1.38 bits per heavy atom. The third kappa shape index (κ3) is 3.58. The first-order valence-electron chi connectivity index (χ1n) is 6.26. The fourth-order valence-corrected chi connectivity index (χ4v) is 3.04. The van der Waals surface area contributed by atoms with Gasteiger partial charge >= 0.3 is 0 Å². The average Bonchev–Trinajstić information content (AvgIpc) is 2.99. The molecule has 90 valence electrons. The zero-order chi connectivity index (χ0) is 11.4. The number of nitrogens with zero attached hydrogens (tertiary/aromatic N) is 1. The first-order valence-corrected chi connectivity index (χ1v) is 7.08. The quantitative estimate of drug-likeness (QED) is 0.786. The molecule has 0 aliphatic heterocycles. The Kier molecular flexibility index (Phi) is 4.38. The standard InChI is InChI=1S/C13H22N2S/c1-3-15(9-11-4-5-11)10-13-7-6-12(16-13)8-14-2/h6-7,11,14H,3-5,8-10H2,1-2H3. The predicted molar refractivity (Wildman–Crippen MR) is 70.8 cm³/mol. The first-order chi connectivity index (χ1) is 7.81. The van der Waals surface area contributed by atoms with Gasteiger partial charge < -0.3 is 5.32 Å². The van der Waals surface area contributed by atoms with Gasteiger partial charge in [-0.15, -0.1) is 11.3 Å². The Morgan fingerprint density at radius 3 is 2.75 bits per heavy atom. The summed E-state index contributed by atoms with van der Waals surface area (Å²) in [5.74, 6) is 0.997. The Labute approximate surface area is 103 Å². The van der Waals surface area contributed by atoms with Crippen LogP contribution in [0.1, 0.15) is 29.5 Å². The molecule has 3 heteroatoms. The molecule has 0 aromatic carbocycles. The topological polar surface area (TPSA) is 15.3 Å². The molecule has 1 aromatic rings. The molecule has 0 unspecified atom stereocenters. The first kappa shape index (κ1) is 12.1. The van der Waals surface area contributed by atoms with Crippen LogP contribution in [0, 0.1) is 5.92 Å². The minimum absolute atomic E-state index is 0.997. The van der Waals surface area contributed by atoms with Crippen LogP contribution in [0.15, 0.2) is 12.1 Å². The van der Waals surface area contributed by atoms with Gasteiger partial charge in [0, 0.05) is 29.4 Å². The van der Waals surface area contributed by atoms with Gasteiger partial charge in [-0.25, -0.2) is 0 Å². The molecular weight excluding hydrogens is 216 g/mol. The van der Waals surface area contributed by atoms with E-state index in [1.165, 1.54) is 35.7 Å². The molecule has 0 spiro atoms. The molecule has 0 atom stereocenters. The van der Waals surface area contributed by atoms with Gasteiger partial charge in [0.2, 0.25) is 0 Å². The van der Waals surface area contributed by atoms with Crippen LogP contribution in [0.4, 0.5) is 0 Å². The molecule has 1 aliphatic carbocycles. The molecule has 0 bridgehead atoms. The number of hydrogen-bond acceptors (Lipinski definition) is 3. The van der Waals surface area contributed by atoms with Crippen LogP contribution < -0.4 is 5.32 Å². The van der Waals surface area contributed by atoms with Crippen LogP contribution in [-0.2, 0) is 13.1 Å². The summed E-state index contributed by atoms with van der Waals surface area (Å²) in [6.07, 6.45) is 2.90. The fourth-order valence-electron chi connectivity index (χ4n) is 1.97. The van der Waals surface area contributed by atoms with E-state index in [4.69, 9.17) is 0 Å². The van der Waals surface area contributed by atoms with Crippen LogP contribution >= 0.6 is 11.3 Å². The second-order valence-corrected chi connectivity index (χ2v) is 5.92. The van der Waals surface area contributed by atoms with Gasteiger partial charge in [-0.05, 0) is 44.5 Å². The fraction of sp³-hybridized carbons (Fsp3) is 0.692. The van der Waals surface area contributed by atoms with Crippen molar-refractivity contribution in [1.29, 1.82) is 0 Å². The van der Waals surface area contributed by atoms with Crippen LogP contribution in [0.25, 0.3) is 0 Å². The van der Waals surface area contributed by atoms with Crippen molar-refractivity contribution in [2.24, 2.45) is 5.92 Å². The number of hydrogen-bond donors (Lipinski definition) is 1. The van der Waals surface area contributed by atoms with Crippen molar-refractivity contribution in [3.05, 3.63) is 21.9 Å². The second kappa shape index (κ2) is 5.80. The predicted octanol–water partition coefficient (Wildman–Crippen LogP) is 2.70. The summed E-state index contributed by atoms with van der Waals surface area (Å²) in [7, 11) is 2.00. The minimum atomic E-state index is 0.997. The van der Waals surface area contributed by atoms with E-state index in [0.717, 1.165) is 19.0 Å². The van der Waals surface area contributed by atoms with Gasteiger partial charge in [0.05, 0.1) is 0 Å². The van der Waals surface area contributed by atoms with Gasteiger partial charge in [0.15, 0.2) is 0 Å². The van der Waals surface area contributed by atoms with E-state index < -0.39 is 0 Å². The van der Waals surface area contributed by atoms with Crippen molar-refractivity contribution in [1.82, 2.24) is 10.2 Å². The molecule has 2 nitrogen and oxygen atoms in total. The molecule has 0 radical (unpaired) electrons. The van der Waals surface area contributed by atoms with Crippen molar-refractivity contribution < 1.29 is 0 Å². The highest BCUT2D eigenvalue weighted by molar-refractivity contribution is 7.11. The van der Waals surface area contributed by atoms with Gasteiger partial charge in [-0.2, -0.15) is 0 Å². The minimum Gasteiger partial charge on any atom is -0.315 e. The zero-order valence-corrected chi connectivity index (χ0v) is 11.1. The van der Waals surface area contributed by atoms with Crippen molar-refractivity contribution in [3.8, 4) is 0 Å². The molecule has 1 saturated carbocycles. The summed E-state index contributed by atoms with van der Waals surface area (Å²) >= 11 is 1.94. The van der Waals surface area contributed by atoms with E-state index in [1.54, 1.807) is 0 Å². The van der Waals surface area contributed by atoms with E-state index in [0.29, 0.717) is 0 Å². The molecular formula is C13H22N2S. The van der Waals surface area contributed by atoms with Crippen molar-refractivity contribution in [3.63, 3.8) is 0 Å². The van der Waals surface area contributed by atoms with E-state index >= 15 is 0 Å². The molecule has 0 saturated heterocycles. The second-order valence-electron chi connectivity index (χ2n) is 4.67. The summed E-state index contributed by atoms with van der Waals surface area (Å²) in [5.41, 5.74) is 0. The van der Waals surface area contributed by atoms with E-state index in [9.17, 15) is 0 Å². The Hall–Kier alpha value is -0.380. The van der Waals surface area contributed by atoms with Crippen LogP contribution in [0.5, 0.6) is 0 Å².